The highest BCUT2D eigenvalue weighted by Crippen LogP contribution is 2.21. The fourth-order valence-corrected chi connectivity index (χ4v) is 2.82. The quantitative estimate of drug-likeness (QED) is 0.752. The van der Waals surface area contributed by atoms with Crippen molar-refractivity contribution >= 4 is 11.7 Å². The zero-order valence-electron chi connectivity index (χ0n) is 12.8. The summed E-state index contributed by atoms with van der Waals surface area (Å²) in [6.45, 7) is 2.03. The van der Waals surface area contributed by atoms with Gasteiger partial charge >= 0.3 is 6.03 Å². The molecule has 5 nitrogen and oxygen atoms in total. The predicted molar refractivity (Wildman–Crippen MR) is 86.2 cm³/mol. The summed E-state index contributed by atoms with van der Waals surface area (Å²) in [6, 6.07) is 8.12. The lowest BCUT2D eigenvalue weighted by Gasteiger charge is -2.23. The Labute approximate surface area is 126 Å². The molecule has 1 aliphatic rings. The maximum Gasteiger partial charge on any atom is 0.319 e. The molecule has 1 aromatic carbocycles. The van der Waals surface area contributed by atoms with Crippen LogP contribution in [0.25, 0.3) is 0 Å². The zero-order valence-corrected chi connectivity index (χ0v) is 12.8. The van der Waals surface area contributed by atoms with Crippen LogP contribution in [0, 0.1) is 0 Å². The Hall–Kier alpha value is -1.59. The number of carbonyl (C=O) groups is 1. The third-order valence-corrected chi connectivity index (χ3v) is 4.12. The first-order valence-electron chi connectivity index (χ1n) is 7.73. The van der Waals surface area contributed by atoms with Crippen LogP contribution in [0.1, 0.15) is 31.2 Å². The van der Waals surface area contributed by atoms with Gasteiger partial charge in [-0.3, -0.25) is 0 Å². The molecular formula is C16H26N4O. The number of urea groups is 1. The topological polar surface area (TPSA) is 70.4 Å². The number of hydrogen-bond acceptors (Lipinski definition) is 3. The Bertz CT molecular complexity index is 457. The number of nitrogens with zero attached hydrogens (tertiary/aromatic N) is 1. The van der Waals surface area contributed by atoms with Crippen molar-refractivity contribution in [2.45, 2.75) is 38.3 Å². The standard InChI is InChI=1S/C16H26N4O/c1-20(15-7-2-3-8-15)10-9-18-16(21)19-14-6-4-5-13(11-14)12-17/h4-6,11,15H,2-3,7-10,12,17H2,1H3,(H2,18,19,21). The van der Waals surface area contributed by atoms with E-state index < -0.39 is 0 Å². The minimum Gasteiger partial charge on any atom is -0.337 e. The van der Waals surface area contributed by atoms with E-state index in [0.29, 0.717) is 19.1 Å². The van der Waals surface area contributed by atoms with Gasteiger partial charge in [0.1, 0.15) is 0 Å². The second-order valence-corrected chi connectivity index (χ2v) is 5.70. The fraction of sp³-hybridized carbons (Fsp3) is 0.562. The van der Waals surface area contributed by atoms with Crippen molar-refractivity contribution in [3.8, 4) is 0 Å². The van der Waals surface area contributed by atoms with Crippen LogP contribution in [0.15, 0.2) is 24.3 Å². The molecule has 1 fully saturated rings. The summed E-state index contributed by atoms with van der Waals surface area (Å²) in [5, 5.41) is 5.74. The predicted octanol–water partition coefficient (Wildman–Crippen LogP) is 2.14. The maximum absolute atomic E-state index is 11.8. The average molecular weight is 290 g/mol. The van der Waals surface area contributed by atoms with E-state index in [9.17, 15) is 4.79 Å². The Kier molecular flexibility index (Phi) is 6.02. The lowest BCUT2D eigenvalue weighted by Crippen LogP contribution is -2.38. The fourth-order valence-electron chi connectivity index (χ4n) is 2.82. The van der Waals surface area contributed by atoms with Gasteiger partial charge in [-0.2, -0.15) is 0 Å². The molecule has 0 aliphatic heterocycles. The molecule has 0 aromatic heterocycles. The SMILES string of the molecule is CN(CCNC(=O)Nc1cccc(CN)c1)C1CCCC1. The van der Waals surface area contributed by atoms with E-state index in [1.54, 1.807) is 0 Å². The number of likely N-dealkylation sites (N-methyl/N-ethyl adjacent to an activating group) is 1. The molecule has 0 atom stereocenters. The van der Waals surface area contributed by atoms with Gasteiger partial charge in [-0.1, -0.05) is 25.0 Å². The maximum atomic E-state index is 11.8. The number of amides is 2. The summed E-state index contributed by atoms with van der Waals surface area (Å²) < 4.78 is 0. The molecule has 0 bridgehead atoms. The molecule has 5 heteroatoms. The molecule has 0 radical (unpaired) electrons. The minimum absolute atomic E-state index is 0.163. The summed E-state index contributed by atoms with van der Waals surface area (Å²) in [6.07, 6.45) is 5.24. The molecule has 2 amide bonds. The number of nitrogens with one attached hydrogen (secondary N) is 2. The van der Waals surface area contributed by atoms with E-state index >= 15 is 0 Å². The first-order valence-corrected chi connectivity index (χ1v) is 7.73. The van der Waals surface area contributed by atoms with Gasteiger partial charge < -0.3 is 21.3 Å². The minimum atomic E-state index is -0.163. The second-order valence-electron chi connectivity index (χ2n) is 5.70. The molecule has 2 rings (SSSR count). The first kappa shape index (κ1) is 15.8. The van der Waals surface area contributed by atoms with Crippen LogP contribution in [0.5, 0.6) is 0 Å². The number of rotatable bonds is 6. The van der Waals surface area contributed by atoms with Gasteiger partial charge in [0.15, 0.2) is 0 Å². The smallest absolute Gasteiger partial charge is 0.319 e. The van der Waals surface area contributed by atoms with E-state index in [-0.39, 0.29) is 6.03 Å². The van der Waals surface area contributed by atoms with Crippen LogP contribution >= 0.6 is 0 Å². The normalized spacial score (nSPS) is 15.4. The van der Waals surface area contributed by atoms with Crippen molar-refractivity contribution in [2.24, 2.45) is 5.73 Å². The third-order valence-electron chi connectivity index (χ3n) is 4.12. The van der Waals surface area contributed by atoms with Crippen LogP contribution < -0.4 is 16.4 Å². The molecule has 4 N–H and O–H groups in total. The lowest BCUT2D eigenvalue weighted by atomic mass is 10.2. The molecule has 0 spiro atoms. The van der Waals surface area contributed by atoms with Crippen LogP contribution in [0.3, 0.4) is 0 Å². The summed E-state index contributed by atoms with van der Waals surface area (Å²) in [5.41, 5.74) is 7.37. The number of nitrogens with two attached hydrogens (primary N) is 1. The van der Waals surface area contributed by atoms with Gasteiger partial charge in [0, 0.05) is 31.4 Å². The van der Waals surface area contributed by atoms with Crippen LogP contribution in [0.2, 0.25) is 0 Å². The second kappa shape index (κ2) is 8.00. The van der Waals surface area contributed by atoms with Crippen molar-refractivity contribution in [3.63, 3.8) is 0 Å². The summed E-state index contributed by atoms with van der Waals surface area (Å²) in [4.78, 5) is 14.2. The van der Waals surface area contributed by atoms with Crippen molar-refractivity contribution in [2.75, 3.05) is 25.5 Å². The average Bonchev–Trinajstić information content (AvgIpc) is 3.01. The number of carbonyl (C=O) groups excluding carboxylic acids is 1. The molecule has 1 saturated carbocycles. The highest BCUT2D eigenvalue weighted by Gasteiger charge is 2.18. The summed E-state index contributed by atoms with van der Waals surface area (Å²) in [7, 11) is 2.14. The van der Waals surface area contributed by atoms with Gasteiger partial charge in [0.05, 0.1) is 0 Å². The number of hydrogen-bond donors (Lipinski definition) is 3. The monoisotopic (exact) mass is 290 g/mol. The first-order chi connectivity index (χ1) is 10.2. The highest BCUT2D eigenvalue weighted by molar-refractivity contribution is 5.89. The Morgan fingerprint density at radius 1 is 1.38 bits per heavy atom. The van der Waals surface area contributed by atoms with E-state index in [2.05, 4.69) is 22.6 Å². The Morgan fingerprint density at radius 3 is 2.86 bits per heavy atom. The van der Waals surface area contributed by atoms with Crippen LogP contribution in [-0.2, 0) is 6.54 Å². The highest BCUT2D eigenvalue weighted by atomic mass is 16.2. The van der Waals surface area contributed by atoms with E-state index in [4.69, 9.17) is 5.73 Å². The molecule has 0 unspecified atom stereocenters. The van der Waals surface area contributed by atoms with Gasteiger partial charge in [-0.15, -0.1) is 0 Å². The van der Waals surface area contributed by atoms with Crippen molar-refractivity contribution in [1.82, 2.24) is 10.2 Å². The number of benzene rings is 1. The van der Waals surface area contributed by atoms with Crippen molar-refractivity contribution in [3.05, 3.63) is 29.8 Å². The summed E-state index contributed by atoms with van der Waals surface area (Å²) >= 11 is 0. The van der Waals surface area contributed by atoms with E-state index in [1.807, 2.05) is 24.3 Å². The molecule has 21 heavy (non-hydrogen) atoms. The largest absolute Gasteiger partial charge is 0.337 e. The number of anilines is 1. The van der Waals surface area contributed by atoms with Gasteiger partial charge in [-0.05, 0) is 37.6 Å². The Balaban J connectivity index is 1.69. The van der Waals surface area contributed by atoms with E-state index in [1.165, 1.54) is 25.7 Å². The lowest BCUT2D eigenvalue weighted by molar-refractivity contribution is 0.235. The van der Waals surface area contributed by atoms with Gasteiger partial charge in [0.25, 0.3) is 0 Å². The zero-order chi connectivity index (χ0) is 15.1. The molecule has 0 heterocycles. The molecule has 0 saturated heterocycles. The van der Waals surface area contributed by atoms with Crippen molar-refractivity contribution in [1.29, 1.82) is 0 Å². The van der Waals surface area contributed by atoms with Crippen LogP contribution in [-0.4, -0.2) is 37.1 Å². The van der Waals surface area contributed by atoms with Gasteiger partial charge in [-0.25, -0.2) is 4.79 Å². The van der Waals surface area contributed by atoms with Gasteiger partial charge in [0.2, 0.25) is 0 Å². The van der Waals surface area contributed by atoms with Crippen molar-refractivity contribution < 1.29 is 4.79 Å². The molecule has 1 aliphatic carbocycles. The summed E-state index contributed by atoms with van der Waals surface area (Å²) in [5.74, 6) is 0. The molecule has 1 aromatic rings. The molecule has 116 valence electrons. The third kappa shape index (κ3) is 5.02. The Morgan fingerprint density at radius 2 is 2.14 bits per heavy atom. The van der Waals surface area contributed by atoms with E-state index in [0.717, 1.165) is 17.8 Å². The molecular weight excluding hydrogens is 264 g/mol. The van der Waals surface area contributed by atoms with Crippen LogP contribution in [0.4, 0.5) is 10.5 Å².